The molecule has 32 heavy (non-hydrogen) atoms. The number of nitrogens with zero attached hydrogens (tertiary/aromatic N) is 6. The third-order valence-electron chi connectivity index (χ3n) is 5.39. The standard InChI is InChI=1S/C21H22ClN7O3/c1-13-8-14(2)28(26-13)20-10-19(23-12-24-20)27-7-3-4-15(11-27)21(30)25-17-9-16(22)5-6-18(17)29(31)32/h5-6,8-10,12,15H,3-4,7,11H2,1-2H3,(H,25,30). The number of benzene rings is 1. The molecule has 1 fully saturated rings. The second-order valence-corrected chi connectivity index (χ2v) is 8.20. The number of hydrogen-bond donors (Lipinski definition) is 1. The number of piperidine rings is 1. The molecule has 10 nitrogen and oxygen atoms in total. The van der Waals surface area contributed by atoms with E-state index in [-0.39, 0.29) is 23.2 Å². The summed E-state index contributed by atoms with van der Waals surface area (Å²) in [7, 11) is 0. The molecule has 1 aromatic carbocycles. The van der Waals surface area contributed by atoms with Crippen LogP contribution in [0, 0.1) is 29.9 Å². The summed E-state index contributed by atoms with van der Waals surface area (Å²) in [6.07, 6.45) is 2.95. The van der Waals surface area contributed by atoms with Gasteiger partial charge in [-0.1, -0.05) is 11.6 Å². The van der Waals surface area contributed by atoms with E-state index in [1.807, 2.05) is 30.9 Å². The van der Waals surface area contributed by atoms with Crippen LogP contribution in [-0.4, -0.2) is 43.7 Å². The Morgan fingerprint density at radius 2 is 2.00 bits per heavy atom. The zero-order valence-corrected chi connectivity index (χ0v) is 18.4. The number of aryl methyl sites for hydroxylation is 2. The van der Waals surface area contributed by atoms with Gasteiger partial charge < -0.3 is 10.2 Å². The van der Waals surface area contributed by atoms with E-state index in [1.165, 1.54) is 24.5 Å². The van der Waals surface area contributed by atoms with Crippen molar-refractivity contribution < 1.29 is 9.72 Å². The number of nitro groups is 1. The molecule has 1 N–H and O–H groups in total. The number of carbonyl (C=O) groups excluding carboxylic acids is 1. The lowest BCUT2D eigenvalue weighted by Crippen LogP contribution is -2.41. The minimum Gasteiger partial charge on any atom is -0.356 e. The maximum absolute atomic E-state index is 12.9. The van der Waals surface area contributed by atoms with Gasteiger partial charge in [0.2, 0.25) is 5.91 Å². The quantitative estimate of drug-likeness (QED) is 0.460. The summed E-state index contributed by atoms with van der Waals surface area (Å²) >= 11 is 5.97. The van der Waals surface area contributed by atoms with E-state index in [2.05, 4.69) is 20.4 Å². The Labute approximate surface area is 189 Å². The number of aromatic nitrogens is 4. The average molecular weight is 456 g/mol. The SMILES string of the molecule is Cc1cc(C)n(-c2cc(N3CCCC(C(=O)Nc4cc(Cl)ccc4[N+](=O)[O-])C3)ncn2)n1. The van der Waals surface area contributed by atoms with Crippen LogP contribution in [0.15, 0.2) is 36.7 Å². The fourth-order valence-electron chi connectivity index (χ4n) is 3.89. The molecule has 0 radical (unpaired) electrons. The average Bonchev–Trinajstić information content (AvgIpc) is 3.11. The molecule has 1 amide bonds. The lowest BCUT2D eigenvalue weighted by molar-refractivity contribution is -0.383. The number of halogens is 1. The molecule has 3 aromatic rings. The van der Waals surface area contributed by atoms with Crippen molar-refractivity contribution in [1.82, 2.24) is 19.7 Å². The van der Waals surface area contributed by atoms with Crippen molar-refractivity contribution in [1.29, 1.82) is 0 Å². The second-order valence-electron chi connectivity index (χ2n) is 7.77. The van der Waals surface area contributed by atoms with Crippen LogP contribution in [0.4, 0.5) is 17.2 Å². The molecule has 2 aromatic heterocycles. The first-order valence-electron chi connectivity index (χ1n) is 10.2. The third-order valence-corrected chi connectivity index (χ3v) is 5.63. The number of carbonyl (C=O) groups is 1. The molecule has 4 rings (SSSR count). The van der Waals surface area contributed by atoms with E-state index in [9.17, 15) is 14.9 Å². The highest BCUT2D eigenvalue weighted by Gasteiger charge is 2.28. The van der Waals surface area contributed by atoms with Crippen molar-refractivity contribution in [2.75, 3.05) is 23.3 Å². The molecule has 1 aliphatic heterocycles. The number of anilines is 2. The summed E-state index contributed by atoms with van der Waals surface area (Å²) in [5, 5.41) is 18.7. The number of hydrogen-bond acceptors (Lipinski definition) is 7. The summed E-state index contributed by atoms with van der Waals surface area (Å²) in [6.45, 7) is 5.06. The van der Waals surface area contributed by atoms with Gasteiger partial charge in [0, 0.05) is 35.9 Å². The Kier molecular flexibility index (Phi) is 6.04. The Morgan fingerprint density at radius 1 is 1.22 bits per heavy atom. The molecule has 0 saturated carbocycles. The van der Waals surface area contributed by atoms with Crippen LogP contribution >= 0.6 is 11.6 Å². The Morgan fingerprint density at radius 3 is 2.72 bits per heavy atom. The Bertz CT molecular complexity index is 1180. The summed E-state index contributed by atoms with van der Waals surface area (Å²) in [6, 6.07) is 7.92. The van der Waals surface area contributed by atoms with E-state index >= 15 is 0 Å². The van der Waals surface area contributed by atoms with Crippen LogP contribution in [-0.2, 0) is 4.79 Å². The lowest BCUT2D eigenvalue weighted by Gasteiger charge is -2.32. The van der Waals surface area contributed by atoms with Gasteiger partial charge in [-0.3, -0.25) is 14.9 Å². The van der Waals surface area contributed by atoms with Crippen molar-refractivity contribution in [2.45, 2.75) is 26.7 Å². The van der Waals surface area contributed by atoms with Gasteiger partial charge in [-0.15, -0.1) is 0 Å². The molecule has 1 unspecified atom stereocenters. The maximum atomic E-state index is 12.9. The molecule has 0 spiro atoms. The van der Waals surface area contributed by atoms with Crippen LogP contribution < -0.4 is 10.2 Å². The molecule has 3 heterocycles. The van der Waals surface area contributed by atoms with Crippen molar-refractivity contribution in [3.05, 3.63) is 63.2 Å². The van der Waals surface area contributed by atoms with Gasteiger partial charge in [-0.25, -0.2) is 14.6 Å². The molecule has 0 aliphatic carbocycles. The minimum absolute atomic E-state index is 0.0958. The number of rotatable bonds is 5. The summed E-state index contributed by atoms with van der Waals surface area (Å²) in [4.78, 5) is 34.4. The first-order chi connectivity index (χ1) is 15.3. The van der Waals surface area contributed by atoms with E-state index in [0.717, 1.165) is 24.4 Å². The monoisotopic (exact) mass is 455 g/mol. The minimum atomic E-state index is -0.541. The van der Waals surface area contributed by atoms with Crippen molar-refractivity contribution in [3.63, 3.8) is 0 Å². The maximum Gasteiger partial charge on any atom is 0.292 e. The highest BCUT2D eigenvalue weighted by molar-refractivity contribution is 6.31. The zero-order valence-electron chi connectivity index (χ0n) is 17.7. The van der Waals surface area contributed by atoms with Gasteiger partial charge in [-0.05, 0) is 44.9 Å². The fourth-order valence-corrected chi connectivity index (χ4v) is 4.06. The number of nitro benzene ring substituents is 1. The van der Waals surface area contributed by atoms with Crippen LogP contribution in [0.2, 0.25) is 5.02 Å². The summed E-state index contributed by atoms with van der Waals surface area (Å²) < 4.78 is 1.76. The lowest BCUT2D eigenvalue weighted by atomic mass is 9.97. The molecule has 11 heteroatoms. The van der Waals surface area contributed by atoms with Gasteiger partial charge in [-0.2, -0.15) is 5.10 Å². The molecular formula is C21H22ClN7O3. The molecule has 1 saturated heterocycles. The number of nitrogens with one attached hydrogen (secondary N) is 1. The first-order valence-corrected chi connectivity index (χ1v) is 10.5. The fraction of sp³-hybridized carbons (Fsp3) is 0.333. The predicted octanol–water partition coefficient (Wildman–Crippen LogP) is 3.70. The van der Waals surface area contributed by atoms with Crippen molar-refractivity contribution >= 4 is 34.7 Å². The van der Waals surface area contributed by atoms with Gasteiger partial charge in [0.1, 0.15) is 17.8 Å². The Hall–Kier alpha value is -3.53. The molecule has 1 aliphatic rings. The predicted molar refractivity (Wildman–Crippen MR) is 120 cm³/mol. The van der Waals surface area contributed by atoms with Gasteiger partial charge in [0.15, 0.2) is 5.82 Å². The molecule has 0 bridgehead atoms. The van der Waals surface area contributed by atoms with E-state index < -0.39 is 4.92 Å². The largest absolute Gasteiger partial charge is 0.356 e. The first kappa shape index (κ1) is 21.7. The summed E-state index contributed by atoms with van der Waals surface area (Å²) in [5.41, 5.74) is 1.76. The highest BCUT2D eigenvalue weighted by atomic mass is 35.5. The third kappa shape index (κ3) is 4.54. The van der Waals surface area contributed by atoms with Crippen molar-refractivity contribution in [2.24, 2.45) is 5.92 Å². The summed E-state index contributed by atoms with van der Waals surface area (Å²) in [5.74, 6) is 0.720. The van der Waals surface area contributed by atoms with Gasteiger partial charge in [0.05, 0.1) is 16.5 Å². The smallest absolute Gasteiger partial charge is 0.292 e. The number of amides is 1. The Balaban J connectivity index is 1.51. The molecule has 1 atom stereocenters. The van der Waals surface area contributed by atoms with E-state index in [0.29, 0.717) is 29.6 Å². The van der Waals surface area contributed by atoms with Crippen LogP contribution in [0.1, 0.15) is 24.2 Å². The normalized spacial score (nSPS) is 16.1. The topological polar surface area (TPSA) is 119 Å². The second kappa shape index (κ2) is 8.91. The van der Waals surface area contributed by atoms with Crippen molar-refractivity contribution in [3.8, 4) is 5.82 Å². The van der Waals surface area contributed by atoms with Crippen LogP contribution in [0.5, 0.6) is 0 Å². The zero-order chi connectivity index (χ0) is 22.8. The van der Waals surface area contributed by atoms with Gasteiger partial charge >= 0.3 is 0 Å². The van der Waals surface area contributed by atoms with E-state index in [4.69, 9.17) is 11.6 Å². The van der Waals surface area contributed by atoms with E-state index in [1.54, 1.807) is 4.68 Å². The van der Waals surface area contributed by atoms with Crippen LogP contribution in [0.3, 0.4) is 0 Å². The van der Waals surface area contributed by atoms with Crippen LogP contribution in [0.25, 0.3) is 5.82 Å². The molecule has 166 valence electrons. The molecular weight excluding hydrogens is 434 g/mol. The highest BCUT2D eigenvalue weighted by Crippen LogP contribution is 2.29. The van der Waals surface area contributed by atoms with Gasteiger partial charge in [0.25, 0.3) is 5.69 Å².